The lowest BCUT2D eigenvalue weighted by Crippen LogP contribution is -2.55. The first-order valence-electron chi connectivity index (χ1n) is 18.1. The number of likely N-dealkylation sites (tertiary alicyclic amines) is 1. The van der Waals surface area contributed by atoms with Gasteiger partial charge in [-0.1, -0.05) is 72.8 Å². The summed E-state index contributed by atoms with van der Waals surface area (Å²) in [5, 5.41) is 6.34. The van der Waals surface area contributed by atoms with Gasteiger partial charge in [0.25, 0.3) is 0 Å². The molecule has 3 aromatic rings. The standard InChI is InChI=1S/C42H56FN5O3/c1-42(2,44-3)27-10-15-39(49)47(5)38(30-32-16-21-34(22-17-32)33-12-8-7-9-13-33)41(51)48(6)37(25-20-31-18-23-35(43)24-19-31)40(50)45-28-26-36-14-11-29-46(36)4/h7-10,12-13,15-19,21-24,36-38,44H,11,14,20,25-30H2,1-6H3,(H,45,50)/b15-10+/t36?,37-,38-/m1/s1. The van der Waals surface area contributed by atoms with Crippen molar-refractivity contribution >= 4 is 17.7 Å². The Hall–Kier alpha value is -4.34. The molecule has 2 N–H and O–H groups in total. The second-order valence-corrected chi connectivity index (χ2v) is 14.5. The Morgan fingerprint density at radius 3 is 2.20 bits per heavy atom. The topological polar surface area (TPSA) is 85.0 Å². The highest BCUT2D eigenvalue weighted by molar-refractivity contribution is 5.95. The van der Waals surface area contributed by atoms with Crippen LogP contribution in [0.15, 0.2) is 91.0 Å². The van der Waals surface area contributed by atoms with E-state index in [1.54, 1.807) is 26.2 Å². The van der Waals surface area contributed by atoms with Crippen molar-refractivity contribution in [1.29, 1.82) is 0 Å². The van der Waals surface area contributed by atoms with E-state index in [1.807, 2.05) is 67.7 Å². The van der Waals surface area contributed by atoms with Crippen LogP contribution in [0.2, 0.25) is 0 Å². The molecule has 274 valence electrons. The largest absolute Gasteiger partial charge is 0.354 e. The first kappa shape index (κ1) is 39.4. The zero-order chi connectivity index (χ0) is 37.0. The highest BCUT2D eigenvalue weighted by atomic mass is 19.1. The number of hydrogen-bond donors (Lipinski definition) is 2. The summed E-state index contributed by atoms with van der Waals surface area (Å²) in [6.45, 7) is 5.66. The third-order valence-corrected chi connectivity index (χ3v) is 10.3. The maximum Gasteiger partial charge on any atom is 0.246 e. The first-order chi connectivity index (χ1) is 24.4. The van der Waals surface area contributed by atoms with Crippen molar-refractivity contribution in [2.45, 2.75) is 82.5 Å². The molecule has 3 atom stereocenters. The third kappa shape index (κ3) is 11.6. The monoisotopic (exact) mass is 697 g/mol. The van der Waals surface area contributed by atoms with Gasteiger partial charge in [0.2, 0.25) is 17.7 Å². The maximum absolute atomic E-state index is 14.6. The molecule has 1 saturated heterocycles. The Labute approximate surface area is 304 Å². The van der Waals surface area contributed by atoms with E-state index in [9.17, 15) is 18.8 Å². The van der Waals surface area contributed by atoms with Gasteiger partial charge in [0.15, 0.2) is 0 Å². The molecule has 0 bridgehead atoms. The van der Waals surface area contributed by atoms with Gasteiger partial charge >= 0.3 is 0 Å². The normalized spacial score (nSPS) is 16.2. The second-order valence-electron chi connectivity index (χ2n) is 14.5. The van der Waals surface area contributed by atoms with Crippen LogP contribution in [0.1, 0.15) is 57.1 Å². The molecule has 1 fully saturated rings. The minimum Gasteiger partial charge on any atom is -0.354 e. The average Bonchev–Trinajstić information content (AvgIpc) is 3.55. The number of rotatable bonds is 17. The molecular formula is C42H56FN5O3. The maximum atomic E-state index is 14.6. The summed E-state index contributed by atoms with van der Waals surface area (Å²) in [6.07, 6.45) is 8.17. The van der Waals surface area contributed by atoms with E-state index < -0.39 is 12.1 Å². The fourth-order valence-electron chi connectivity index (χ4n) is 6.57. The number of benzene rings is 3. The van der Waals surface area contributed by atoms with Crippen LogP contribution in [0.3, 0.4) is 0 Å². The van der Waals surface area contributed by atoms with Crippen LogP contribution in [-0.4, -0.2) is 97.4 Å². The number of aryl methyl sites for hydroxylation is 1. The lowest BCUT2D eigenvalue weighted by atomic mass is 9.98. The zero-order valence-corrected chi connectivity index (χ0v) is 31.2. The van der Waals surface area contributed by atoms with Gasteiger partial charge in [-0.2, -0.15) is 0 Å². The Morgan fingerprint density at radius 1 is 0.922 bits per heavy atom. The SMILES string of the molecule is CNC(C)(C)C/C=C/C(=O)N(C)[C@H](Cc1ccc(-c2ccccc2)cc1)C(=O)N(C)[C@H](CCc1ccc(F)cc1)C(=O)NCCC1CCCN1C. The number of nitrogens with zero attached hydrogens (tertiary/aromatic N) is 3. The number of hydrogen-bond acceptors (Lipinski definition) is 5. The molecule has 0 saturated carbocycles. The second kappa shape index (κ2) is 18.8. The predicted molar refractivity (Wildman–Crippen MR) is 204 cm³/mol. The van der Waals surface area contributed by atoms with Crippen LogP contribution in [0.4, 0.5) is 4.39 Å². The van der Waals surface area contributed by atoms with Crippen molar-refractivity contribution < 1.29 is 18.8 Å². The van der Waals surface area contributed by atoms with Gasteiger partial charge in [0.05, 0.1) is 0 Å². The summed E-state index contributed by atoms with van der Waals surface area (Å²) >= 11 is 0. The predicted octanol–water partition coefficient (Wildman–Crippen LogP) is 5.87. The van der Waals surface area contributed by atoms with E-state index in [0.717, 1.165) is 48.1 Å². The van der Waals surface area contributed by atoms with Crippen molar-refractivity contribution in [1.82, 2.24) is 25.3 Å². The third-order valence-electron chi connectivity index (χ3n) is 10.3. The Kier molecular flexibility index (Phi) is 14.5. The number of amides is 3. The molecule has 1 heterocycles. The van der Waals surface area contributed by atoms with Crippen molar-refractivity contribution in [3.05, 3.63) is 108 Å². The molecule has 9 heteroatoms. The lowest BCUT2D eigenvalue weighted by Gasteiger charge is -2.34. The van der Waals surface area contributed by atoms with Crippen LogP contribution in [0.5, 0.6) is 0 Å². The van der Waals surface area contributed by atoms with Crippen molar-refractivity contribution in [3.63, 3.8) is 0 Å². The van der Waals surface area contributed by atoms with Gasteiger partial charge in [0.1, 0.15) is 17.9 Å². The number of carbonyl (C=O) groups excluding carboxylic acids is 3. The van der Waals surface area contributed by atoms with Crippen molar-refractivity contribution in [2.24, 2.45) is 0 Å². The Morgan fingerprint density at radius 2 is 1.57 bits per heavy atom. The average molecular weight is 698 g/mol. The van der Waals surface area contributed by atoms with E-state index in [4.69, 9.17) is 0 Å². The summed E-state index contributed by atoms with van der Waals surface area (Å²) in [4.78, 5) is 47.3. The number of nitrogens with one attached hydrogen (secondary N) is 2. The van der Waals surface area contributed by atoms with Crippen molar-refractivity contribution in [3.8, 4) is 11.1 Å². The van der Waals surface area contributed by atoms with E-state index in [0.29, 0.717) is 31.8 Å². The molecule has 3 amide bonds. The molecule has 3 aromatic carbocycles. The van der Waals surface area contributed by atoms with Crippen LogP contribution in [0.25, 0.3) is 11.1 Å². The van der Waals surface area contributed by atoms with Gasteiger partial charge in [-0.3, -0.25) is 14.4 Å². The van der Waals surface area contributed by atoms with E-state index in [2.05, 4.69) is 36.4 Å². The Bertz CT molecular complexity index is 1590. The summed E-state index contributed by atoms with van der Waals surface area (Å²) in [6, 6.07) is 23.1. The van der Waals surface area contributed by atoms with E-state index in [-0.39, 0.29) is 35.5 Å². The Balaban J connectivity index is 1.58. The molecular weight excluding hydrogens is 641 g/mol. The smallest absolute Gasteiger partial charge is 0.246 e. The first-order valence-corrected chi connectivity index (χ1v) is 18.1. The molecule has 1 unspecified atom stereocenters. The molecule has 0 radical (unpaired) electrons. The molecule has 8 nitrogen and oxygen atoms in total. The van der Waals surface area contributed by atoms with Gasteiger partial charge in [0, 0.05) is 38.6 Å². The van der Waals surface area contributed by atoms with Gasteiger partial charge in [-0.15, -0.1) is 0 Å². The van der Waals surface area contributed by atoms with Crippen LogP contribution in [0, 0.1) is 5.82 Å². The van der Waals surface area contributed by atoms with Crippen LogP contribution in [-0.2, 0) is 27.2 Å². The summed E-state index contributed by atoms with van der Waals surface area (Å²) in [5.41, 5.74) is 3.73. The zero-order valence-electron chi connectivity index (χ0n) is 31.2. The summed E-state index contributed by atoms with van der Waals surface area (Å²) < 4.78 is 13.7. The molecule has 0 aliphatic carbocycles. The minimum atomic E-state index is -0.861. The highest BCUT2D eigenvalue weighted by Gasteiger charge is 2.35. The van der Waals surface area contributed by atoms with E-state index in [1.165, 1.54) is 28.0 Å². The fraction of sp³-hybridized carbons (Fsp3) is 0.452. The molecule has 4 rings (SSSR count). The molecule has 0 aromatic heterocycles. The van der Waals surface area contributed by atoms with Crippen LogP contribution < -0.4 is 10.6 Å². The molecule has 1 aliphatic rings. The number of likely N-dealkylation sites (N-methyl/N-ethyl adjacent to an activating group) is 2. The van der Waals surface area contributed by atoms with Gasteiger partial charge in [-0.25, -0.2) is 4.39 Å². The molecule has 0 spiro atoms. The van der Waals surface area contributed by atoms with Gasteiger partial charge < -0.3 is 25.3 Å². The summed E-state index contributed by atoms with van der Waals surface area (Å²) in [5.74, 6) is -1.17. The fourth-order valence-corrected chi connectivity index (χ4v) is 6.57. The molecule has 1 aliphatic heterocycles. The highest BCUT2D eigenvalue weighted by Crippen LogP contribution is 2.22. The quantitative estimate of drug-likeness (QED) is 0.173. The minimum absolute atomic E-state index is 0.191. The summed E-state index contributed by atoms with van der Waals surface area (Å²) in [7, 11) is 7.29. The van der Waals surface area contributed by atoms with Crippen LogP contribution >= 0.6 is 0 Å². The van der Waals surface area contributed by atoms with Crippen molar-refractivity contribution in [2.75, 3.05) is 41.3 Å². The molecule has 51 heavy (non-hydrogen) atoms. The van der Waals surface area contributed by atoms with Gasteiger partial charge in [-0.05, 0) is 113 Å². The van der Waals surface area contributed by atoms with E-state index >= 15 is 0 Å². The lowest BCUT2D eigenvalue weighted by molar-refractivity contribution is -0.146. The number of halogens is 1. The number of carbonyl (C=O) groups is 3.